The van der Waals surface area contributed by atoms with E-state index in [1.54, 1.807) is 29.4 Å². The third kappa shape index (κ3) is 5.46. The van der Waals surface area contributed by atoms with E-state index in [9.17, 15) is 13.2 Å². The van der Waals surface area contributed by atoms with E-state index in [1.165, 1.54) is 33.3 Å². The summed E-state index contributed by atoms with van der Waals surface area (Å²) in [7, 11) is -3.72. The molecule has 1 aliphatic rings. The number of nitrogens with zero attached hydrogens (tertiary/aromatic N) is 4. The molecule has 0 saturated carbocycles. The van der Waals surface area contributed by atoms with Crippen molar-refractivity contribution in [3.05, 3.63) is 114 Å². The lowest BCUT2D eigenvalue weighted by Crippen LogP contribution is -2.36. The summed E-state index contributed by atoms with van der Waals surface area (Å²) in [5.41, 5.74) is 4.10. The van der Waals surface area contributed by atoms with Crippen molar-refractivity contribution in [2.45, 2.75) is 31.3 Å². The number of pyridine rings is 1. The fourth-order valence-corrected chi connectivity index (χ4v) is 7.35. The van der Waals surface area contributed by atoms with Crippen LogP contribution in [0.15, 0.2) is 96.2 Å². The maximum atomic E-state index is 13.9. The van der Waals surface area contributed by atoms with Gasteiger partial charge in [0.2, 0.25) is 10.0 Å². The van der Waals surface area contributed by atoms with Crippen molar-refractivity contribution in [3.63, 3.8) is 0 Å². The molecular formula is C31H28N4O4S2. The van der Waals surface area contributed by atoms with E-state index < -0.39 is 10.0 Å². The Morgan fingerprint density at radius 3 is 2.56 bits per heavy atom. The third-order valence-corrected chi connectivity index (χ3v) is 9.95. The van der Waals surface area contributed by atoms with Crippen LogP contribution in [0.5, 0.6) is 5.75 Å². The number of carbonyl (C=O) groups excluding carboxylic acids is 1. The maximum Gasteiger partial charge on any atom is 0.260 e. The van der Waals surface area contributed by atoms with Gasteiger partial charge in [-0.25, -0.2) is 13.4 Å². The largest absolute Gasteiger partial charge is 0.492 e. The lowest BCUT2D eigenvalue weighted by atomic mass is 10.0. The Morgan fingerprint density at radius 2 is 1.80 bits per heavy atom. The molecule has 0 unspecified atom stereocenters. The molecule has 208 valence electrons. The number of rotatable bonds is 8. The van der Waals surface area contributed by atoms with Crippen LogP contribution < -0.4 is 9.64 Å². The highest BCUT2D eigenvalue weighted by Gasteiger charge is 2.29. The standard InChI is InChI=1S/C31H28N4O4S2/c1-2-39-27-10-5-11-28-29(27)33-31(40-28)35(20-22-7-6-17-32-19-22)30(36)24-12-14-26(15-13-24)41(37,38)34-18-16-23-8-3-4-9-25(23)21-34/h3-15,17,19H,2,16,18,20-21H2,1H3. The molecule has 1 aliphatic heterocycles. The minimum atomic E-state index is -3.72. The number of hydrogen-bond donors (Lipinski definition) is 0. The average molecular weight is 585 g/mol. The number of amides is 1. The SMILES string of the molecule is CCOc1cccc2sc(N(Cc3cccnc3)C(=O)c3ccc(S(=O)(=O)N4CCc5ccccc5C4)cc3)nc12. The van der Waals surface area contributed by atoms with Crippen molar-refractivity contribution in [3.8, 4) is 5.75 Å². The van der Waals surface area contributed by atoms with Gasteiger partial charge in [-0.15, -0.1) is 0 Å². The first-order valence-electron chi connectivity index (χ1n) is 13.3. The first-order valence-corrected chi connectivity index (χ1v) is 15.6. The van der Waals surface area contributed by atoms with Crippen molar-refractivity contribution in [1.82, 2.24) is 14.3 Å². The van der Waals surface area contributed by atoms with Crippen LogP contribution in [-0.4, -0.2) is 41.7 Å². The highest BCUT2D eigenvalue weighted by Crippen LogP contribution is 2.35. The minimum absolute atomic E-state index is 0.161. The Labute approximate surface area is 242 Å². The predicted octanol–water partition coefficient (Wildman–Crippen LogP) is 5.68. The number of anilines is 1. The molecule has 8 nitrogen and oxygen atoms in total. The molecule has 3 heterocycles. The van der Waals surface area contributed by atoms with Crippen LogP contribution in [0.25, 0.3) is 10.2 Å². The molecule has 3 aromatic carbocycles. The number of carbonyl (C=O) groups is 1. The number of aromatic nitrogens is 2. The van der Waals surface area contributed by atoms with Gasteiger partial charge in [-0.3, -0.25) is 14.7 Å². The number of thiazole rings is 1. The maximum absolute atomic E-state index is 13.9. The minimum Gasteiger partial charge on any atom is -0.492 e. The second kappa shape index (κ2) is 11.4. The number of sulfonamides is 1. The molecule has 0 spiro atoms. The second-order valence-electron chi connectivity index (χ2n) is 9.67. The predicted molar refractivity (Wildman–Crippen MR) is 160 cm³/mol. The number of para-hydroxylation sites is 1. The van der Waals surface area contributed by atoms with Crippen LogP contribution in [-0.2, 0) is 29.5 Å². The zero-order valence-electron chi connectivity index (χ0n) is 22.4. The Morgan fingerprint density at radius 1 is 1.00 bits per heavy atom. The quantitative estimate of drug-likeness (QED) is 0.233. The Bertz CT molecular complexity index is 1810. The molecule has 2 aromatic heterocycles. The molecule has 10 heteroatoms. The van der Waals surface area contributed by atoms with E-state index in [-0.39, 0.29) is 17.3 Å². The van der Waals surface area contributed by atoms with Gasteiger partial charge in [0, 0.05) is 31.0 Å². The number of benzene rings is 3. The van der Waals surface area contributed by atoms with Gasteiger partial charge in [-0.05, 0) is 72.5 Å². The van der Waals surface area contributed by atoms with Crippen LogP contribution in [0.1, 0.15) is 34.0 Å². The summed E-state index contributed by atoms with van der Waals surface area (Å²) >= 11 is 1.40. The van der Waals surface area contributed by atoms with Gasteiger partial charge in [0.05, 0.1) is 22.7 Å². The topological polar surface area (TPSA) is 92.7 Å². The van der Waals surface area contributed by atoms with E-state index in [0.29, 0.717) is 48.1 Å². The van der Waals surface area contributed by atoms with Gasteiger partial charge >= 0.3 is 0 Å². The van der Waals surface area contributed by atoms with Crippen LogP contribution in [0.4, 0.5) is 5.13 Å². The van der Waals surface area contributed by atoms with Gasteiger partial charge in [-0.1, -0.05) is 47.7 Å². The highest BCUT2D eigenvalue weighted by atomic mass is 32.2. The molecule has 1 amide bonds. The van der Waals surface area contributed by atoms with E-state index in [2.05, 4.69) is 4.98 Å². The van der Waals surface area contributed by atoms with Crippen LogP contribution >= 0.6 is 11.3 Å². The Kier molecular flexibility index (Phi) is 7.53. The molecule has 0 aliphatic carbocycles. The van der Waals surface area contributed by atoms with Gasteiger partial charge in [0.25, 0.3) is 5.91 Å². The zero-order valence-corrected chi connectivity index (χ0v) is 24.1. The summed E-state index contributed by atoms with van der Waals surface area (Å²) in [6, 6.07) is 23.5. The fourth-order valence-electron chi connectivity index (χ4n) is 4.95. The Hall–Kier alpha value is -4.12. The molecule has 0 N–H and O–H groups in total. The molecule has 41 heavy (non-hydrogen) atoms. The molecular weight excluding hydrogens is 556 g/mol. The molecule has 0 atom stereocenters. The van der Waals surface area contributed by atoms with Gasteiger partial charge < -0.3 is 4.74 Å². The van der Waals surface area contributed by atoms with E-state index in [0.717, 1.165) is 15.8 Å². The number of fused-ring (bicyclic) bond motifs is 2. The van der Waals surface area contributed by atoms with Crippen LogP contribution in [0.3, 0.4) is 0 Å². The van der Waals surface area contributed by atoms with Crippen LogP contribution in [0, 0.1) is 0 Å². The highest BCUT2D eigenvalue weighted by molar-refractivity contribution is 7.89. The molecule has 6 rings (SSSR count). The lowest BCUT2D eigenvalue weighted by molar-refractivity contribution is 0.0985. The molecule has 0 radical (unpaired) electrons. The first kappa shape index (κ1) is 27.1. The van der Waals surface area contributed by atoms with Crippen LogP contribution in [0.2, 0.25) is 0 Å². The van der Waals surface area contributed by atoms with Crippen molar-refractivity contribution in [2.75, 3.05) is 18.1 Å². The summed E-state index contributed by atoms with van der Waals surface area (Å²) in [6.45, 7) is 3.42. The molecule has 5 aromatic rings. The first-order chi connectivity index (χ1) is 19.9. The summed E-state index contributed by atoms with van der Waals surface area (Å²) in [5, 5.41) is 0.518. The van der Waals surface area contributed by atoms with Gasteiger partial charge in [-0.2, -0.15) is 4.31 Å². The molecule has 0 fully saturated rings. The Balaban J connectivity index is 1.30. The van der Waals surface area contributed by atoms with E-state index in [1.807, 2.05) is 61.5 Å². The fraction of sp³-hybridized carbons (Fsp3) is 0.194. The van der Waals surface area contributed by atoms with Crippen molar-refractivity contribution in [1.29, 1.82) is 0 Å². The second-order valence-corrected chi connectivity index (χ2v) is 12.6. The zero-order chi connectivity index (χ0) is 28.4. The normalized spacial score (nSPS) is 13.6. The summed E-state index contributed by atoms with van der Waals surface area (Å²) in [5.74, 6) is 0.373. The van der Waals surface area contributed by atoms with Crippen molar-refractivity contribution in [2.24, 2.45) is 0 Å². The summed E-state index contributed by atoms with van der Waals surface area (Å²) < 4.78 is 35.1. The smallest absolute Gasteiger partial charge is 0.260 e. The summed E-state index contributed by atoms with van der Waals surface area (Å²) in [4.78, 5) is 24.7. The number of ether oxygens (including phenoxy) is 1. The number of hydrogen-bond acceptors (Lipinski definition) is 7. The van der Waals surface area contributed by atoms with Gasteiger partial charge in [0.15, 0.2) is 5.13 Å². The molecule has 0 saturated heterocycles. The van der Waals surface area contributed by atoms with E-state index >= 15 is 0 Å². The summed E-state index contributed by atoms with van der Waals surface area (Å²) in [6.07, 6.45) is 4.07. The average Bonchev–Trinajstić information content (AvgIpc) is 3.45. The lowest BCUT2D eigenvalue weighted by Gasteiger charge is -2.28. The molecule has 0 bridgehead atoms. The monoisotopic (exact) mass is 584 g/mol. The van der Waals surface area contributed by atoms with Gasteiger partial charge in [0.1, 0.15) is 11.3 Å². The van der Waals surface area contributed by atoms with Crippen molar-refractivity contribution >= 4 is 42.6 Å². The third-order valence-electron chi connectivity index (χ3n) is 7.04. The van der Waals surface area contributed by atoms with E-state index in [4.69, 9.17) is 9.72 Å². The van der Waals surface area contributed by atoms with Crippen molar-refractivity contribution < 1.29 is 17.9 Å².